The third kappa shape index (κ3) is 4.32. The Bertz CT molecular complexity index is 983. The SMILES string of the molecule is Cc1cccc(O[C@H](C)C(=O)NNC(=O)CCN2C(=O)c3ccccc3C2=O)c1C. The third-order valence-corrected chi connectivity index (χ3v) is 4.99. The van der Waals surface area contributed by atoms with Gasteiger partial charge >= 0.3 is 0 Å². The van der Waals surface area contributed by atoms with Crippen molar-refractivity contribution in [2.45, 2.75) is 33.3 Å². The van der Waals surface area contributed by atoms with E-state index in [-0.39, 0.29) is 13.0 Å². The monoisotopic (exact) mass is 409 g/mol. The minimum Gasteiger partial charge on any atom is -0.481 e. The molecule has 1 aliphatic rings. The summed E-state index contributed by atoms with van der Waals surface area (Å²) >= 11 is 0. The molecule has 2 aromatic rings. The van der Waals surface area contributed by atoms with Crippen molar-refractivity contribution in [1.29, 1.82) is 0 Å². The average Bonchev–Trinajstić information content (AvgIpc) is 2.98. The van der Waals surface area contributed by atoms with Gasteiger partial charge in [-0.2, -0.15) is 0 Å². The summed E-state index contributed by atoms with van der Waals surface area (Å²) in [6.07, 6.45) is -0.972. The molecule has 0 aromatic heterocycles. The quantitative estimate of drug-likeness (QED) is 0.560. The zero-order valence-corrected chi connectivity index (χ0v) is 17.0. The van der Waals surface area contributed by atoms with Crippen LogP contribution in [-0.4, -0.2) is 41.2 Å². The Morgan fingerprint density at radius 2 is 1.60 bits per heavy atom. The van der Waals surface area contributed by atoms with Gasteiger partial charge in [0, 0.05) is 13.0 Å². The Morgan fingerprint density at radius 1 is 0.967 bits per heavy atom. The van der Waals surface area contributed by atoms with Crippen molar-refractivity contribution in [1.82, 2.24) is 15.8 Å². The topological polar surface area (TPSA) is 105 Å². The van der Waals surface area contributed by atoms with Crippen LogP contribution in [0, 0.1) is 13.8 Å². The van der Waals surface area contributed by atoms with Crippen molar-refractivity contribution in [2.24, 2.45) is 0 Å². The van der Waals surface area contributed by atoms with Crippen molar-refractivity contribution in [3.63, 3.8) is 0 Å². The Kier molecular flexibility index (Phi) is 6.15. The molecule has 2 aromatic carbocycles. The van der Waals surface area contributed by atoms with Crippen LogP contribution in [0.15, 0.2) is 42.5 Å². The maximum absolute atomic E-state index is 12.3. The number of nitrogens with one attached hydrogen (secondary N) is 2. The fraction of sp³-hybridized carbons (Fsp3) is 0.273. The molecular weight excluding hydrogens is 386 g/mol. The highest BCUT2D eigenvalue weighted by Crippen LogP contribution is 2.23. The fourth-order valence-corrected chi connectivity index (χ4v) is 3.05. The Labute approximate surface area is 174 Å². The molecule has 0 fully saturated rings. The summed E-state index contributed by atoms with van der Waals surface area (Å²) < 4.78 is 5.66. The fourth-order valence-electron chi connectivity index (χ4n) is 3.05. The van der Waals surface area contributed by atoms with E-state index in [9.17, 15) is 19.2 Å². The zero-order valence-electron chi connectivity index (χ0n) is 17.0. The number of rotatable bonds is 6. The van der Waals surface area contributed by atoms with Gasteiger partial charge in [-0.05, 0) is 50.1 Å². The molecule has 8 nitrogen and oxygen atoms in total. The number of benzene rings is 2. The number of carbonyl (C=O) groups is 4. The van der Waals surface area contributed by atoms with Gasteiger partial charge in [-0.1, -0.05) is 24.3 Å². The van der Waals surface area contributed by atoms with E-state index in [0.29, 0.717) is 16.9 Å². The van der Waals surface area contributed by atoms with E-state index >= 15 is 0 Å². The summed E-state index contributed by atoms with van der Waals surface area (Å²) in [5, 5.41) is 0. The summed E-state index contributed by atoms with van der Waals surface area (Å²) in [6.45, 7) is 5.34. The lowest BCUT2D eigenvalue weighted by Crippen LogP contribution is -2.48. The van der Waals surface area contributed by atoms with Crippen LogP contribution < -0.4 is 15.6 Å². The first-order valence-electron chi connectivity index (χ1n) is 9.56. The highest BCUT2D eigenvalue weighted by Gasteiger charge is 2.35. The number of hydrogen-bond donors (Lipinski definition) is 2. The number of amides is 4. The molecule has 0 saturated carbocycles. The number of aryl methyl sites for hydroxylation is 1. The first-order chi connectivity index (χ1) is 14.3. The smallest absolute Gasteiger partial charge is 0.279 e. The van der Waals surface area contributed by atoms with Crippen LogP contribution in [0.25, 0.3) is 0 Å². The summed E-state index contributed by atoms with van der Waals surface area (Å²) in [5.74, 6) is -1.32. The second kappa shape index (κ2) is 8.77. The van der Waals surface area contributed by atoms with Gasteiger partial charge in [-0.15, -0.1) is 0 Å². The van der Waals surface area contributed by atoms with Crippen LogP contribution in [0.1, 0.15) is 45.2 Å². The number of ether oxygens (including phenoxy) is 1. The molecule has 3 rings (SSSR count). The minimum atomic E-state index is -0.831. The van der Waals surface area contributed by atoms with Crippen LogP contribution >= 0.6 is 0 Å². The average molecular weight is 409 g/mol. The van der Waals surface area contributed by atoms with Crippen molar-refractivity contribution in [2.75, 3.05) is 6.54 Å². The van der Waals surface area contributed by atoms with Gasteiger partial charge in [-0.25, -0.2) is 0 Å². The lowest BCUT2D eigenvalue weighted by atomic mass is 10.1. The number of carbonyl (C=O) groups excluding carboxylic acids is 4. The van der Waals surface area contributed by atoms with E-state index in [1.54, 1.807) is 37.3 Å². The number of nitrogens with zero attached hydrogens (tertiary/aromatic N) is 1. The molecule has 30 heavy (non-hydrogen) atoms. The predicted molar refractivity (Wildman–Crippen MR) is 109 cm³/mol. The van der Waals surface area contributed by atoms with Crippen LogP contribution in [0.4, 0.5) is 0 Å². The number of imide groups is 1. The Hall–Kier alpha value is -3.68. The van der Waals surface area contributed by atoms with Crippen LogP contribution in [0.3, 0.4) is 0 Å². The largest absolute Gasteiger partial charge is 0.481 e. The van der Waals surface area contributed by atoms with Gasteiger partial charge in [0.2, 0.25) is 5.91 Å². The van der Waals surface area contributed by atoms with Crippen LogP contribution in [0.5, 0.6) is 5.75 Å². The normalized spacial score (nSPS) is 13.6. The molecule has 156 valence electrons. The summed E-state index contributed by atoms with van der Waals surface area (Å²) in [6, 6.07) is 12.1. The molecular formula is C22H23N3O5. The second-order valence-electron chi connectivity index (χ2n) is 7.05. The Morgan fingerprint density at radius 3 is 2.23 bits per heavy atom. The van der Waals surface area contributed by atoms with E-state index < -0.39 is 29.7 Å². The Balaban J connectivity index is 1.47. The van der Waals surface area contributed by atoms with Gasteiger partial charge in [0.15, 0.2) is 6.10 Å². The number of hydrazine groups is 1. The maximum atomic E-state index is 12.3. The highest BCUT2D eigenvalue weighted by molar-refractivity contribution is 6.21. The van der Waals surface area contributed by atoms with E-state index in [4.69, 9.17) is 4.74 Å². The van der Waals surface area contributed by atoms with Gasteiger partial charge in [0.05, 0.1) is 11.1 Å². The molecule has 0 bridgehead atoms. The van der Waals surface area contributed by atoms with Crippen LogP contribution in [-0.2, 0) is 9.59 Å². The predicted octanol–water partition coefficient (Wildman–Crippen LogP) is 1.90. The lowest BCUT2D eigenvalue weighted by molar-refractivity contribution is -0.132. The summed E-state index contributed by atoms with van der Waals surface area (Å²) in [5.41, 5.74) is 7.21. The van der Waals surface area contributed by atoms with Crippen LogP contribution in [0.2, 0.25) is 0 Å². The number of hydrogen-bond acceptors (Lipinski definition) is 5. The molecule has 0 unspecified atom stereocenters. The second-order valence-corrected chi connectivity index (χ2v) is 7.05. The summed E-state index contributed by atoms with van der Waals surface area (Å²) in [7, 11) is 0. The standard InChI is InChI=1S/C22H23N3O5/c1-13-7-6-10-18(14(13)2)30-15(3)20(27)24-23-19(26)11-12-25-21(28)16-8-4-5-9-17(16)22(25)29/h4-10,15H,11-12H2,1-3H3,(H,23,26)(H,24,27)/t15-/m1/s1. The van der Waals surface area contributed by atoms with Crippen molar-refractivity contribution < 1.29 is 23.9 Å². The third-order valence-electron chi connectivity index (χ3n) is 4.99. The molecule has 4 amide bonds. The lowest BCUT2D eigenvalue weighted by Gasteiger charge is -2.18. The zero-order chi connectivity index (χ0) is 21.8. The van der Waals surface area contributed by atoms with Gasteiger partial charge in [0.1, 0.15) is 5.75 Å². The molecule has 1 atom stereocenters. The molecule has 1 heterocycles. The van der Waals surface area contributed by atoms with Crippen molar-refractivity contribution in [3.8, 4) is 5.75 Å². The molecule has 0 spiro atoms. The maximum Gasteiger partial charge on any atom is 0.279 e. The van der Waals surface area contributed by atoms with E-state index in [1.165, 1.54) is 0 Å². The highest BCUT2D eigenvalue weighted by atomic mass is 16.5. The van der Waals surface area contributed by atoms with E-state index in [2.05, 4.69) is 10.9 Å². The van der Waals surface area contributed by atoms with Gasteiger partial charge in [0.25, 0.3) is 17.7 Å². The molecule has 2 N–H and O–H groups in total. The summed E-state index contributed by atoms with van der Waals surface area (Å²) in [4.78, 5) is 49.8. The molecule has 8 heteroatoms. The first-order valence-corrected chi connectivity index (χ1v) is 9.56. The molecule has 0 aliphatic carbocycles. The van der Waals surface area contributed by atoms with E-state index in [0.717, 1.165) is 16.0 Å². The molecule has 0 saturated heterocycles. The minimum absolute atomic E-state index is 0.0808. The van der Waals surface area contributed by atoms with Crippen molar-refractivity contribution >= 4 is 23.6 Å². The molecule has 1 aliphatic heterocycles. The first kappa shape index (κ1) is 21.0. The van der Waals surface area contributed by atoms with Crippen molar-refractivity contribution in [3.05, 3.63) is 64.7 Å². The van der Waals surface area contributed by atoms with E-state index in [1.807, 2.05) is 26.0 Å². The molecule has 0 radical (unpaired) electrons. The number of fused-ring (bicyclic) bond motifs is 1. The van der Waals surface area contributed by atoms with Gasteiger partial charge < -0.3 is 4.74 Å². The van der Waals surface area contributed by atoms with Gasteiger partial charge in [-0.3, -0.25) is 34.9 Å².